The van der Waals surface area contributed by atoms with Gasteiger partial charge in [-0.05, 0) is 57.7 Å². The monoisotopic (exact) mass is 593 g/mol. The second-order valence-electron chi connectivity index (χ2n) is 10.9. The summed E-state index contributed by atoms with van der Waals surface area (Å²) in [6, 6.07) is 7.80. The van der Waals surface area contributed by atoms with E-state index in [2.05, 4.69) is 43.1 Å². The van der Waals surface area contributed by atoms with Crippen molar-refractivity contribution in [1.29, 1.82) is 0 Å². The summed E-state index contributed by atoms with van der Waals surface area (Å²) in [5.74, 6) is -0.969. The molecule has 4 heterocycles. The van der Waals surface area contributed by atoms with Crippen molar-refractivity contribution in [3.8, 4) is 16.3 Å². The molecule has 1 aliphatic carbocycles. The van der Waals surface area contributed by atoms with Crippen molar-refractivity contribution in [2.45, 2.75) is 56.7 Å². The predicted molar refractivity (Wildman–Crippen MR) is 159 cm³/mol. The van der Waals surface area contributed by atoms with Crippen molar-refractivity contribution in [3.63, 3.8) is 0 Å². The molecule has 0 spiro atoms. The van der Waals surface area contributed by atoms with Crippen LogP contribution < -0.4 is 26.0 Å². The first kappa shape index (κ1) is 24.5. The number of nitrogens with zero attached hydrogens (tertiary/aromatic N) is 4. The van der Waals surface area contributed by atoms with Gasteiger partial charge in [0.15, 0.2) is 17.3 Å². The van der Waals surface area contributed by atoms with Gasteiger partial charge in [-0.25, -0.2) is 4.98 Å². The van der Waals surface area contributed by atoms with Crippen molar-refractivity contribution in [2.75, 3.05) is 31.8 Å². The van der Waals surface area contributed by atoms with Crippen LogP contribution in [0, 0.1) is 5.92 Å². The molecule has 0 radical (unpaired) electrons. The largest absolute Gasteiger partial charge is 0.494 e. The Morgan fingerprint density at radius 1 is 1.07 bits per heavy atom. The van der Waals surface area contributed by atoms with Crippen LogP contribution in [0.2, 0.25) is 0 Å². The number of para-hydroxylation sites is 1. The number of amides is 3. The van der Waals surface area contributed by atoms with Crippen LogP contribution in [0.3, 0.4) is 0 Å². The summed E-state index contributed by atoms with van der Waals surface area (Å²) < 4.78 is 28.0. The van der Waals surface area contributed by atoms with E-state index < -0.39 is 12.9 Å². The molecule has 1 saturated carbocycles. The lowest BCUT2D eigenvalue weighted by Gasteiger charge is -2.36. The average molecular weight is 594 g/mol. The molecule has 4 N–H and O–H groups in total. The maximum atomic E-state index is 13.2. The van der Waals surface area contributed by atoms with Crippen molar-refractivity contribution in [3.05, 3.63) is 41.0 Å². The number of aromatic nitrogens is 3. The molecule has 1 unspecified atom stereocenters. The SMILES string of the molecule is [2H]C([2H])([2H])NC(=O)c1nnc(NC(=O)C2CC2)cc1Nc1cccc(-c2ncc(C(=O)NC3C[C@H]4CC[C@@H](C3)N4C)s2)c1OC. The second-order valence-corrected chi connectivity index (χ2v) is 12.0. The van der Waals surface area contributed by atoms with Gasteiger partial charge in [-0.2, -0.15) is 0 Å². The van der Waals surface area contributed by atoms with Crippen LogP contribution in [0.4, 0.5) is 17.2 Å². The first-order chi connectivity index (χ1) is 21.5. The van der Waals surface area contributed by atoms with Gasteiger partial charge in [0.25, 0.3) is 11.8 Å². The van der Waals surface area contributed by atoms with E-state index in [1.54, 1.807) is 24.4 Å². The normalized spacial score (nSPS) is 22.8. The Balaban J connectivity index is 1.24. The minimum absolute atomic E-state index is 0.0942. The van der Waals surface area contributed by atoms with Crippen LogP contribution in [-0.4, -0.2) is 77.1 Å². The number of methoxy groups -OCH3 is 1. The molecule has 2 aromatic heterocycles. The zero-order valence-electron chi connectivity index (χ0n) is 26.3. The number of carbonyl (C=O) groups excluding carboxylic acids is 3. The number of nitrogens with one attached hydrogen (secondary N) is 4. The number of benzene rings is 1. The topological polar surface area (TPSA) is 150 Å². The maximum Gasteiger partial charge on any atom is 0.273 e. The summed E-state index contributed by atoms with van der Waals surface area (Å²) >= 11 is 1.24. The fraction of sp³-hybridized carbons (Fsp3) is 0.448. The van der Waals surface area contributed by atoms with Crippen LogP contribution in [0.1, 0.15) is 62.8 Å². The van der Waals surface area contributed by atoms with Gasteiger partial charge in [0.1, 0.15) is 9.88 Å². The van der Waals surface area contributed by atoms with E-state index in [1.807, 2.05) is 5.32 Å². The van der Waals surface area contributed by atoms with Gasteiger partial charge in [-0.3, -0.25) is 14.4 Å². The number of hydrogen-bond donors (Lipinski definition) is 4. The Morgan fingerprint density at radius 3 is 2.57 bits per heavy atom. The van der Waals surface area contributed by atoms with E-state index in [0.717, 1.165) is 25.7 Å². The third kappa shape index (κ3) is 5.66. The zero-order chi connectivity index (χ0) is 31.9. The van der Waals surface area contributed by atoms with Gasteiger partial charge in [0.05, 0.1) is 30.2 Å². The fourth-order valence-electron chi connectivity index (χ4n) is 5.81. The molecule has 2 saturated heterocycles. The van der Waals surface area contributed by atoms with Crippen molar-refractivity contribution in [1.82, 2.24) is 30.7 Å². The molecular weight excluding hydrogens is 556 g/mol. The summed E-state index contributed by atoms with van der Waals surface area (Å²) in [4.78, 5) is 45.8. The first-order valence-corrected chi connectivity index (χ1v) is 14.7. The molecule has 3 aromatic rings. The highest BCUT2D eigenvalue weighted by molar-refractivity contribution is 7.17. The molecule has 2 aliphatic heterocycles. The van der Waals surface area contributed by atoms with E-state index in [9.17, 15) is 14.4 Å². The standard InChI is InChI=1S/C29H34N8O4S/c1-30-28(40)24-21(13-23(35-36-24)34-26(38)15-7-8-15)33-20-6-4-5-19(25(20)41-3)29-31-14-22(42-29)27(39)32-16-11-17-9-10-18(12-16)37(17)2/h4-6,13-18H,7-12H2,1-3H3,(H,30,40)(H,32,39)(H2,33,34,35,38)/t16?,17-,18+/i1D3. The quantitative estimate of drug-likeness (QED) is 0.293. The molecule has 3 aliphatic rings. The van der Waals surface area contributed by atoms with Crippen LogP contribution in [0.5, 0.6) is 5.75 Å². The molecule has 12 nitrogen and oxygen atoms in total. The lowest BCUT2D eigenvalue weighted by atomic mass is 9.98. The number of rotatable bonds is 9. The Morgan fingerprint density at radius 2 is 1.86 bits per heavy atom. The van der Waals surface area contributed by atoms with Crippen LogP contribution in [-0.2, 0) is 4.79 Å². The van der Waals surface area contributed by atoms with E-state index in [1.165, 1.54) is 37.4 Å². The highest BCUT2D eigenvalue weighted by Gasteiger charge is 2.39. The number of thiazole rings is 1. The Hall–Kier alpha value is -4.10. The summed E-state index contributed by atoms with van der Waals surface area (Å²) in [6.07, 6.45) is 7.33. The van der Waals surface area contributed by atoms with Gasteiger partial charge < -0.3 is 30.9 Å². The minimum Gasteiger partial charge on any atom is -0.494 e. The minimum atomic E-state index is -2.76. The Kier molecular flexibility index (Phi) is 6.79. The number of carbonyl (C=O) groups is 3. The molecule has 2 bridgehead atoms. The molecule has 6 rings (SSSR count). The van der Waals surface area contributed by atoms with Gasteiger partial charge in [-0.1, -0.05) is 6.07 Å². The summed E-state index contributed by atoms with van der Waals surface area (Å²) in [6.45, 7) is -2.76. The molecule has 13 heteroatoms. The number of hydrogen-bond acceptors (Lipinski definition) is 10. The number of ether oxygens (including phenoxy) is 1. The van der Waals surface area contributed by atoms with Gasteiger partial charge in [-0.15, -0.1) is 21.5 Å². The van der Waals surface area contributed by atoms with Crippen molar-refractivity contribution in [2.24, 2.45) is 5.92 Å². The smallest absolute Gasteiger partial charge is 0.273 e. The summed E-state index contributed by atoms with van der Waals surface area (Å²) in [5, 5.41) is 19.3. The van der Waals surface area contributed by atoms with Crippen LogP contribution >= 0.6 is 11.3 Å². The number of fused-ring (bicyclic) bond motifs is 2. The van der Waals surface area contributed by atoms with Gasteiger partial charge in [0, 0.05) is 41.2 Å². The number of anilines is 3. The predicted octanol–water partition coefficient (Wildman–Crippen LogP) is 3.42. The molecule has 1 aromatic carbocycles. The fourth-order valence-corrected chi connectivity index (χ4v) is 6.65. The van der Waals surface area contributed by atoms with Crippen LogP contribution in [0.25, 0.3) is 10.6 Å². The van der Waals surface area contributed by atoms with E-state index in [0.29, 0.717) is 39.0 Å². The average Bonchev–Trinajstić information content (AvgIpc) is 3.69. The van der Waals surface area contributed by atoms with Crippen molar-refractivity contribution < 1.29 is 23.2 Å². The van der Waals surface area contributed by atoms with Crippen LogP contribution in [0.15, 0.2) is 30.5 Å². The molecular formula is C29H34N8O4S. The molecule has 42 heavy (non-hydrogen) atoms. The third-order valence-electron chi connectivity index (χ3n) is 8.20. The summed E-state index contributed by atoms with van der Waals surface area (Å²) in [5.41, 5.74) is 0.813. The van der Waals surface area contributed by atoms with E-state index >= 15 is 0 Å². The lowest BCUT2D eigenvalue weighted by molar-refractivity contribution is -0.117. The van der Waals surface area contributed by atoms with Gasteiger partial charge in [0.2, 0.25) is 5.91 Å². The van der Waals surface area contributed by atoms with E-state index in [4.69, 9.17) is 8.85 Å². The summed E-state index contributed by atoms with van der Waals surface area (Å²) in [7, 11) is 3.64. The third-order valence-corrected chi connectivity index (χ3v) is 9.23. The molecule has 220 valence electrons. The Labute approximate surface area is 251 Å². The molecule has 3 atom stereocenters. The Bertz CT molecular complexity index is 1610. The van der Waals surface area contributed by atoms with Gasteiger partial charge >= 0.3 is 0 Å². The highest BCUT2D eigenvalue weighted by atomic mass is 32.1. The highest BCUT2D eigenvalue weighted by Crippen LogP contribution is 2.40. The van der Waals surface area contributed by atoms with Crippen molar-refractivity contribution >= 4 is 46.3 Å². The molecule has 3 amide bonds. The first-order valence-electron chi connectivity index (χ1n) is 15.4. The number of piperidine rings is 1. The zero-order valence-corrected chi connectivity index (χ0v) is 24.1. The molecule has 3 fully saturated rings. The maximum absolute atomic E-state index is 13.2. The lowest BCUT2D eigenvalue weighted by Crippen LogP contribution is -2.48. The second kappa shape index (κ2) is 11.6. The van der Waals surface area contributed by atoms with E-state index in [-0.39, 0.29) is 41.0 Å².